The molecule has 0 amide bonds. The number of hydrogen-bond acceptors (Lipinski definition) is 10. The molecule has 0 aromatic carbocycles. The van der Waals surface area contributed by atoms with Crippen LogP contribution >= 0.6 is 0 Å². The van der Waals surface area contributed by atoms with E-state index in [4.69, 9.17) is 0 Å². The zero-order valence-electron chi connectivity index (χ0n) is 23.7. The van der Waals surface area contributed by atoms with E-state index in [-0.39, 0.29) is 0 Å². The van der Waals surface area contributed by atoms with Crippen molar-refractivity contribution in [3.63, 3.8) is 0 Å². The van der Waals surface area contributed by atoms with E-state index in [2.05, 4.69) is 75.9 Å². The van der Waals surface area contributed by atoms with Crippen molar-refractivity contribution in [2.24, 2.45) is 0 Å². The summed E-state index contributed by atoms with van der Waals surface area (Å²) in [6.07, 6.45) is 7.37. The molecule has 10 heteroatoms. The van der Waals surface area contributed by atoms with Gasteiger partial charge < -0.3 is 31.9 Å². The number of aromatic nitrogens is 2. The van der Waals surface area contributed by atoms with Crippen molar-refractivity contribution < 1.29 is 0 Å². The van der Waals surface area contributed by atoms with Gasteiger partial charge in [0.25, 0.3) is 0 Å². The topological polar surface area (TPSA) is 104 Å². The van der Waals surface area contributed by atoms with E-state index in [0.717, 1.165) is 136 Å². The summed E-state index contributed by atoms with van der Waals surface area (Å²) in [7, 11) is 0. The van der Waals surface area contributed by atoms with E-state index in [1.807, 2.05) is 12.4 Å². The molecule has 2 aromatic rings. The molecule has 0 aliphatic carbocycles. The minimum Gasteiger partial charge on any atom is -0.370 e. The minimum atomic E-state index is 0.930. The van der Waals surface area contributed by atoms with Crippen LogP contribution in [-0.4, -0.2) is 111 Å². The average molecular weight is 539 g/mol. The Bertz CT molecular complexity index is 806. The van der Waals surface area contributed by atoms with Crippen LogP contribution in [0.2, 0.25) is 0 Å². The molecule has 6 aliphatic rings. The van der Waals surface area contributed by atoms with Gasteiger partial charge in [0, 0.05) is 90.9 Å². The van der Waals surface area contributed by atoms with Gasteiger partial charge >= 0.3 is 0 Å². The number of anilines is 2. The molecule has 1 saturated heterocycles. The summed E-state index contributed by atoms with van der Waals surface area (Å²) in [5, 5.41) is 21.3. The highest BCUT2D eigenvalue weighted by atomic mass is 15.2. The molecule has 0 radical (unpaired) electrons. The van der Waals surface area contributed by atoms with Crippen molar-refractivity contribution in [3.8, 4) is 0 Å². The van der Waals surface area contributed by atoms with E-state index >= 15 is 0 Å². The lowest BCUT2D eigenvalue weighted by atomic mass is 10.2. The monoisotopic (exact) mass is 538 g/mol. The Balaban J connectivity index is 1.31. The predicted octanol–water partition coefficient (Wildman–Crippen LogP) is 1.16. The third kappa shape index (κ3) is 12.2. The van der Waals surface area contributed by atoms with Gasteiger partial charge in [-0.25, -0.2) is 9.97 Å². The SMILES string of the molecule is c1cc2ncc1CN1CCNCCN(CCNCC1)Cc1ccc(nc1)NCCCNCCCNCCCN2. The zero-order chi connectivity index (χ0) is 26.8. The number of nitrogens with zero attached hydrogens (tertiary/aromatic N) is 4. The minimum absolute atomic E-state index is 0.930. The summed E-state index contributed by atoms with van der Waals surface area (Å²) in [5.41, 5.74) is 2.53. The standard InChI is InChI=1S/C29H50N10/c1-8-30-10-2-12-34-28-6-4-26(22-36-28)24-38-18-14-32-16-20-39(21-17-33-15-19-38)25-27-5-7-29(37-23-27)35-13-3-11-31-9-1/h4-7,22-23,30-33H,1-3,8-21,24-25H2,(H,34,36)(H,35,37). The Hall–Kier alpha value is -2.34. The number of fused-ring (bicyclic) bond motifs is 4. The lowest BCUT2D eigenvalue weighted by molar-refractivity contribution is 0.233. The second-order valence-corrected chi connectivity index (χ2v) is 10.6. The molecule has 6 bridgehead atoms. The quantitative estimate of drug-likeness (QED) is 0.293. The summed E-state index contributed by atoms with van der Waals surface area (Å²) < 4.78 is 0. The molecule has 0 unspecified atom stereocenters. The molecular weight excluding hydrogens is 488 g/mol. The van der Waals surface area contributed by atoms with Gasteiger partial charge in [0.1, 0.15) is 11.6 Å². The summed E-state index contributed by atoms with van der Waals surface area (Å²) >= 11 is 0. The highest BCUT2D eigenvalue weighted by Gasteiger charge is 2.11. The molecule has 6 N–H and O–H groups in total. The molecule has 0 spiro atoms. The maximum Gasteiger partial charge on any atom is 0.125 e. The van der Waals surface area contributed by atoms with E-state index in [9.17, 15) is 0 Å². The van der Waals surface area contributed by atoms with E-state index in [1.54, 1.807) is 0 Å². The van der Waals surface area contributed by atoms with Gasteiger partial charge in [0.05, 0.1) is 0 Å². The molecule has 0 atom stereocenters. The highest BCUT2D eigenvalue weighted by Crippen LogP contribution is 2.10. The third-order valence-electron chi connectivity index (χ3n) is 7.26. The maximum atomic E-state index is 4.66. The average Bonchev–Trinajstić information content (AvgIpc) is 2.95. The van der Waals surface area contributed by atoms with Crippen LogP contribution in [0.3, 0.4) is 0 Å². The fourth-order valence-electron chi connectivity index (χ4n) is 4.95. The van der Waals surface area contributed by atoms with Gasteiger partial charge in [-0.2, -0.15) is 0 Å². The van der Waals surface area contributed by atoms with E-state index in [1.165, 1.54) is 11.1 Å². The molecular formula is C29H50N10. The highest BCUT2D eigenvalue weighted by molar-refractivity contribution is 5.36. The summed E-state index contributed by atoms with van der Waals surface area (Å²) in [5.74, 6) is 1.93. The fraction of sp³-hybridized carbons (Fsp3) is 0.655. The van der Waals surface area contributed by atoms with Gasteiger partial charge in [-0.3, -0.25) is 9.80 Å². The van der Waals surface area contributed by atoms with Crippen LogP contribution in [0.1, 0.15) is 30.4 Å². The molecule has 8 rings (SSSR count). The van der Waals surface area contributed by atoms with Gasteiger partial charge in [0.2, 0.25) is 0 Å². The number of rotatable bonds is 0. The van der Waals surface area contributed by atoms with E-state index in [0.29, 0.717) is 0 Å². The van der Waals surface area contributed by atoms with Crippen molar-refractivity contribution in [1.29, 1.82) is 0 Å². The van der Waals surface area contributed by atoms with Gasteiger partial charge in [-0.15, -0.1) is 0 Å². The Morgan fingerprint density at radius 3 is 1.23 bits per heavy atom. The zero-order valence-corrected chi connectivity index (χ0v) is 23.7. The van der Waals surface area contributed by atoms with Crippen molar-refractivity contribution in [2.75, 3.05) is 102 Å². The van der Waals surface area contributed by atoms with Crippen molar-refractivity contribution in [1.82, 2.24) is 41.0 Å². The molecule has 8 heterocycles. The Kier molecular flexibility index (Phi) is 13.7. The second kappa shape index (κ2) is 18.1. The summed E-state index contributed by atoms with van der Waals surface area (Å²) in [6.45, 7) is 16.0. The lowest BCUT2D eigenvalue weighted by Crippen LogP contribution is -2.42. The van der Waals surface area contributed by atoms with Gasteiger partial charge in [-0.05, 0) is 68.7 Å². The first-order valence-corrected chi connectivity index (χ1v) is 15.0. The molecule has 1 fully saturated rings. The Morgan fingerprint density at radius 1 is 0.462 bits per heavy atom. The lowest BCUT2D eigenvalue weighted by Gasteiger charge is -2.27. The Morgan fingerprint density at radius 2 is 0.846 bits per heavy atom. The molecule has 39 heavy (non-hydrogen) atoms. The third-order valence-corrected chi connectivity index (χ3v) is 7.26. The van der Waals surface area contributed by atoms with Crippen LogP contribution in [0, 0.1) is 0 Å². The summed E-state index contributed by atoms with van der Waals surface area (Å²) in [4.78, 5) is 14.4. The van der Waals surface area contributed by atoms with E-state index < -0.39 is 0 Å². The van der Waals surface area contributed by atoms with Crippen LogP contribution in [-0.2, 0) is 13.1 Å². The van der Waals surface area contributed by atoms with Crippen LogP contribution < -0.4 is 31.9 Å². The first-order chi connectivity index (χ1) is 19.3. The largest absolute Gasteiger partial charge is 0.370 e. The van der Waals surface area contributed by atoms with Crippen molar-refractivity contribution in [3.05, 3.63) is 47.8 Å². The van der Waals surface area contributed by atoms with Crippen LogP contribution in [0.5, 0.6) is 0 Å². The normalized spacial score (nSPS) is 24.0. The van der Waals surface area contributed by atoms with Gasteiger partial charge in [0.15, 0.2) is 0 Å². The fourth-order valence-corrected chi connectivity index (χ4v) is 4.95. The second-order valence-electron chi connectivity index (χ2n) is 10.6. The molecule has 2 aromatic heterocycles. The molecule has 0 saturated carbocycles. The molecule has 10 nitrogen and oxygen atoms in total. The number of hydrogen-bond donors (Lipinski definition) is 6. The number of pyridine rings is 2. The predicted molar refractivity (Wildman–Crippen MR) is 161 cm³/mol. The van der Waals surface area contributed by atoms with Crippen LogP contribution in [0.15, 0.2) is 36.7 Å². The van der Waals surface area contributed by atoms with Gasteiger partial charge in [-0.1, -0.05) is 12.1 Å². The smallest absolute Gasteiger partial charge is 0.125 e. The number of nitrogens with one attached hydrogen (secondary N) is 6. The van der Waals surface area contributed by atoms with Crippen LogP contribution in [0.25, 0.3) is 0 Å². The Labute approximate surface area is 235 Å². The summed E-state index contributed by atoms with van der Waals surface area (Å²) in [6, 6.07) is 8.67. The van der Waals surface area contributed by atoms with Crippen molar-refractivity contribution in [2.45, 2.75) is 32.4 Å². The van der Waals surface area contributed by atoms with Crippen molar-refractivity contribution >= 4 is 11.6 Å². The van der Waals surface area contributed by atoms with Crippen LogP contribution in [0.4, 0.5) is 11.6 Å². The molecule has 6 aliphatic heterocycles. The molecule has 216 valence electrons. The first-order valence-electron chi connectivity index (χ1n) is 15.0. The maximum absolute atomic E-state index is 4.66. The first kappa shape index (κ1) is 29.6.